The Morgan fingerprint density at radius 2 is 2.47 bits per heavy atom. The van der Waals surface area contributed by atoms with E-state index in [1.54, 1.807) is 0 Å². The zero-order valence-corrected chi connectivity index (χ0v) is 9.94. The van der Waals surface area contributed by atoms with Crippen LogP contribution in [0.1, 0.15) is 25.5 Å². The number of H-pyrrole nitrogens is 1. The number of aromatic amines is 1. The van der Waals surface area contributed by atoms with Gasteiger partial charge in [-0.1, -0.05) is 25.5 Å². The summed E-state index contributed by atoms with van der Waals surface area (Å²) in [6, 6.07) is 1.88. The van der Waals surface area contributed by atoms with Gasteiger partial charge in [0, 0.05) is 17.8 Å². The van der Waals surface area contributed by atoms with Gasteiger partial charge in [0.15, 0.2) is 5.82 Å². The van der Waals surface area contributed by atoms with E-state index >= 15 is 0 Å². The molecule has 4 N–H and O–H groups in total. The van der Waals surface area contributed by atoms with Crippen molar-refractivity contribution in [1.29, 1.82) is 0 Å². The molecular formula is C12H18N4O. The molecule has 0 spiro atoms. The van der Waals surface area contributed by atoms with E-state index in [1.807, 2.05) is 18.2 Å². The lowest BCUT2D eigenvalue weighted by Gasteiger charge is -2.07. The number of carbonyl (C=O) groups excluding carboxylic acids is 1. The molecule has 1 aliphatic rings. The summed E-state index contributed by atoms with van der Waals surface area (Å²) >= 11 is 0. The van der Waals surface area contributed by atoms with Crippen molar-refractivity contribution in [1.82, 2.24) is 10.2 Å². The van der Waals surface area contributed by atoms with E-state index in [9.17, 15) is 4.79 Å². The molecule has 1 amide bonds. The normalized spacial score (nSPS) is 22.9. The van der Waals surface area contributed by atoms with Gasteiger partial charge in [0.25, 0.3) is 0 Å². The van der Waals surface area contributed by atoms with Crippen LogP contribution < -0.4 is 11.1 Å². The topological polar surface area (TPSA) is 83.8 Å². The van der Waals surface area contributed by atoms with Crippen LogP contribution in [0.5, 0.6) is 0 Å². The van der Waals surface area contributed by atoms with Gasteiger partial charge in [-0.3, -0.25) is 9.89 Å². The van der Waals surface area contributed by atoms with Gasteiger partial charge in [0.2, 0.25) is 5.91 Å². The highest BCUT2D eigenvalue weighted by molar-refractivity contribution is 5.93. The Hall–Kier alpha value is -1.62. The van der Waals surface area contributed by atoms with Crippen LogP contribution in [0, 0.1) is 5.92 Å². The number of rotatable bonds is 4. The number of aryl methyl sites for hydroxylation is 1. The van der Waals surface area contributed by atoms with Crippen LogP contribution in [-0.2, 0) is 11.2 Å². The van der Waals surface area contributed by atoms with Crippen molar-refractivity contribution in [2.75, 3.05) is 5.32 Å². The van der Waals surface area contributed by atoms with E-state index in [1.165, 1.54) is 0 Å². The number of anilines is 1. The molecule has 1 aliphatic carbocycles. The molecule has 2 atom stereocenters. The molecular weight excluding hydrogens is 216 g/mol. The number of hydrogen-bond donors (Lipinski definition) is 3. The summed E-state index contributed by atoms with van der Waals surface area (Å²) in [6.07, 6.45) is 6.40. The van der Waals surface area contributed by atoms with E-state index < -0.39 is 0 Å². The van der Waals surface area contributed by atoms with Gasteiger partial charge in [0.1, 0.15) is 0 Å². The van der Waals surface area contributed by atoms with Crippen LogP contribution in [0.2, 0.25) is 0 Å². The second-order valence-corrected chi connectivity index (χ2v) is 4.41. The van der Waals surface area contributed by atoms with Gasteiger partial charge in [0.05, 0.1) is 5.92 Å². The lowest BCUT2D eigenvalue weighted by molar-refractivity contribution is -0.118. The van der Waals surface area contributed by atoms with Gasteiger partial charge in [-0.25, -0.2) is 0 Å². The minimum atomic E-state index is -0.128. The van der Waals surface area contributed by atoms with Crippen LogP contribution >= 0.6 is 0 Å². The van der Waals surface area contributed by atoms with E-state index in [0.717, 1.165) is 18.5 Å². The highest BCUT2D eigenvalue weighted by Crippen LogP contribution is 2.18. The molecule has 0 saturated carbocycles. The first kappa shape index (κ1) is 11.9. The third kappa shape index (κ3) is 2.94. The number of nitrogens with zero attached hydrogens (tertiary/aromatic N) is 1. The second-order valence-electron chi connectivity index (χ2n) is 4.41. The molecule has 17 heavy (non-hydrogen) atoms. The maximum atomic E-state index is 11.9. The minimum Gasteiger partial charge on any atom is -0.324 e. The standard InChI is InChI=1S/C12H18N4O/c1-2-3-10-7-11(16-15-10)14-12(17)8-4-5-9(13)6-8/h4-5,7-9H,2-3,6,13H2,1H3,(H2,14,15,16,17). The molecule has 0 radical (unpaired) electrons. The monoisotopic (exact) mass is 234 g/mol. The Labute approximate surface area is 100 Å². The average Bonchev–Trinajstić information content (AvgIpc) is 2.88. The van der Waals surface area contributed by atoms with Crippen LogP contribution in [0.4, 0.5) is 5.82 Å². The molecule has 0 saturated heterocycles. The summed E-state index contributed by atoms with van der Waals surface area (Å²) in [5.41, 5.74) is 6.75. The van der Waals surface area contributed by atoms with Crippen LogP contribution in [0.15, 0.2) is 18.2 Å². The number of carbonyl (C=O) groups is 1. The number of hydrogen-bond acceptors (Lipinski definition) is 3. The molecule has 0 aromatic carbocycles. The Morgan fingerprint density at radius 1 is 1.65 bits per heavy atom. The average molecular weight is 234 g/mol. The molecule has 0 aliphatic heterocycles. The highest BCUT2D eigenvalue weighted by atomic mass is 16.1. The molecule has 0 fully saturated rings. The molecule has 5 nitrogen and oxygen atoms in total. The van der Waals surface area contributed by atoms with E-state index in [2.05, 4.69) is 22.4 Å². The van der Waals surface area contributed by atoms with Crippen molar-refractivity contribution in [3.8, 4) is 0 Å². The molecule has 2 rings (SSSR count). The first-order valence-corrected chi connectivity index (χ1v) is 5.98. The number of nitrogens with two attached hydrogens (primary N) is 1. The fourth-order valence-electron chi connectivity index (χ4n) is 1.96. The third-order valence-corrected chi connectivity index (χ3v) is 2.85. The third-order valence-electron chi connectivity index (χ3n) is 2.85. The fourth-order valence-corrected chi connectivity index (χ4v) is 1.96. The minimum absolute atomic E-state index is 0.000543. The Balaban J connectivity index is 1.91. The Kier molecular flexibility index (Phi) is 3.58. The van der Waals surface area contributed by atoms with Gasteiger partial charge in [-0.15, -0.1) is 0 Å². The quantitative estimate of drug-likeness (QED) is 0.684. The van der Waals surface area contributed by atoms with Crippen LogP contribution in [0.3, 0.4) is 0 Å². The fraction of sp³-hybridized carbons (Fsp3) is 0.500. The van der Waals surface area contributed by atoms with E-state index in [4.69, 9.17) is 5.73 Å². The maximum Gasteiger partial charge on any atom is 0.232 e. The van der Waals surface area contributed by atoms with Crippen molar-refractivity contribution in [2.24, 2.45) is 11.7 Å². The smallest absolute Gasteiger partial charge is 0.232 e. The van der Waals surface area contributed by atoms with Crippen molar-refractivity contribution in [2.45, 2.75) is 32.2 Å². The van der Waals surface area contributed by atoms with Crippen molar-refractivity contribution >= 4 is 11.7 Å². The van der Waals surface area contributed by atoms with Crippen molar-refractivity contribution < 1.29 is 4.79 Å². The molecule has 2 unspecified atom stereocenters. The maximum absolute atomic E-state index is 11.9. The summed E-state index contributed by atoms with van der Waals surface area (Å²) in [4.78, 5) is 11.9. The first-order valence-electron chi connectivity index (χ1n) is 5.98. The molecule has 1 heterocycles. The highest BCUT2D eigenvalue weighted by Gasteiger charge is 2.23. The van der Waals surface area contributed by atoms with Crippen LogP contribution in [-0.4, -0.2) is 22.1 Å². The summed E-state index contributed by atoms with van der Waals surface area (Å²) in [7, 11) is 0. The largest absolute Gasteiger partial charge is 0.324 e. The number of aromatic nitrogens is 2. The SMILES string of the molecule is CCCc1cc(NC(=O)C2C=CC(N)C2)n[nH]1. The van der Waals surface area contributed by atoms with Crippen molar-refractivity contribution in [3.05, 3.63) is 23.9 Å². The molecule has 92 valence electrons. The number of nitrogens with one attached hydrogen (secondary N) is 2. The Morgan fingerprint density at radius 3 is 3.12 bits per heavy atom. The summed E-state index contributed by atoms with van der Waals surface area (Å²) in [6.45, 7) is 2.10. The number of amides is 1. The van der Waals surface area contributed by atoms with E-state index in [0.29, 0.717) is 12.2 Å². The zero-order chi connectivity index (χ0) is 12.3. The lowest BCUT2D eigenvalue weighted by atomic mass is 10.1. The van der Waals surface area contributed by atoms with Gasteiger partial charge < -0.3 is 11.1 Å². The molecule has 0 bridgehead atoms. The second kappa shape index (κ2) is 5.14. The summed E-state index contributed by atoms with van der Waals surface area (Å²) in [5.74, 6) is 0.424. The Bertz CT molecular complexity index is 424. The van der Waals surface area contributed by atoms with Crippen molar-refractivity contribution in [3.63, 3.8) is 0 Å². The molecule has 5 heteroatoms. The van der Waals surface area contributed by atoms with Gasteiger partial charge in [-0.05, 0) is 12.8 Å². The summed E-state index contributed by atoms with van der Waals surface area (Å²) < 4.78 is 0. The van der Waals surface area contributed by atoms with Gasteiger partial charge >= 0.3 is 0 Å². The predicted molar refractivity (Wildman–Crippen MR) is 66.4 cm³/mol. The first-order chi connectivity index (χ1) is 8.19. The predicted octanol–water partition coefficient (Wildman–Crippen LogP) is 1.20. The zero-order valence-electron chi connectivity index (χ0n) is 9.94. The molecule has 1 aromatic heterocycles. The van der Waals surface area contributed by atoms with Crippen LogP contribution in [0.25, 0.3) is 0 Å². The van der Waals surface area contributed by atoms with Gasteiger partial charge in [-0.2, -0.15) is 5.10 Å². The van der Waals surface area contributed by atoms with E-state index in [-0.39, 0.29) is 17.9 Å². The lowest BCUT2D eigenvalue weighted by Crippen LogP contribution is -2.24. The summed E-state index contributed by atoms with van der Waals surface area (Å²) in [5, 5.41) is 9.75. The molecule has 1 aromatic rings.